The van der Waals surface area contributed by atoms with Crippen molar-refractivity contribution < 1.29 is 46.2 Å². The van der Waals surface area contributed by atoms with Gasteiger partial charge in [-0.3, -0.25) is 0 Å². The molecule has 6 rings (SSSR count). The number of nitrogens with zero attached hydrogens (tertiary/aromatic N) is 2. The first-order chi connectivity index (χ1) is 22.7. The van der Waals surface area contributed by atoms with Crippen LogP contribution >= 0.6 is 0 Å². The largest absolute Gasteiger partial charge is 0.449 e. The molecule has 0 unspecified atom stereocenters. The molecule has 0 aliphatic carbocycles. The van der Waals surface area contributed by atoms with Crippen molar-refractivity contribution in [3.8, 4) is 0 Å². The Hall–Kier alpha value is -5.52. The molecule has 0 amide bonds. The Balaban J connectivity index is 0.000000188. The summed E-state index contributed by atoms with van der Waals surface area (Å²) in [4.78, 5) is 0. The molecule has 0 spiro atoms. The first kappa shape index (κ1) is 33.8. The van der Waals surface area contributed by atoms with E-state index in [1.54, 1.807) is 98.8 Å². The average Bonchev–Trinajstić information content (AvgIpc) is 3.68. The molecule has 0 aromatic heterocycles. The predicted octanol–water partition coefficient (Wildman–Crippen LogP) is 9.31. The minimum Gasteiger partial charge on any atom is -0.449 e. The van der Waals surface area contributed by atoms with Gasteiger partial charge in [-0.2, -0.15) is 26.3 Å². The smallest absolute Gasteiger partial charge is 0.436 e. The van der Waals surface area contributed by atoms with Gasteiger partial charge in [-0.15, -0.1) is 0 Å². The molecule has 2 heterocycles. The van der Waals surface area contributed by atoms with Crippen molar-refractivity contribution in [3.63, 3.8) is 0 Å². The van der Waals surface area contributed by atoms with Gasteiger partial charge in [0.15, 0.2) is 0 Å². The van der Waals surface area contributed by atoms with Crippen LogP contribution in [-0.4, -0.2) is 34.6 Å². The SMILES string of the molecule is Cc1ccc([C@]2(C(F)(F)F)C=C(c3ccccc3)/C(=N/O)O2)cc1.Cc1ccc([C@]2(C(F)(F)F)C=C(c3ccccc3)/C(=N/O)O2)cc1. The molecule has 2 aliphatic rings. The highest BCUT2D eigenvalue weighted by molar-refractivity contribution is 6.22. The van der Waals surface area contributed by atoms with Gasteiger partial charge in [-0.25, -0.2) is 0 Å². The Morgan fingerprint density at radius 3 is 1.08 bits per heavy atom. The molecule has 2 N–H and O–H groups in total. The van der Waals surface area contributed by atoms with Crippen molar-refractivity contribution in [2.24, 2.45) is 10.3 Å². The van der Waals surface area contributed by atoms with Gasteiger partial charge in [0.25, 0.3) is 11.8 Å². The number of benzene rings is 4. The average molecular weight is 667 g/mol. The number of halogens is 6. The third-order valence-corrected chi connectivity index (χ3v) is 7.83. The summed E-state index contributed by atoms with van der Waals surface area (Å²) in [5, 5.41) is 24.1. The van der Waals surface area contributed by atoms with Crippen molar-refractivity contribution in [3.05, 3.63) is 155 Å². The van der Waals surface area contributed by atoms with Crippen LogP contribution in [0.1, 0.15) is 33.4 Å². The number of ether oxygens (including phenoxy) is 2. The van der Waals surface area contributed by atoms with Crippen molar-refractivity contribution in [1.82, 2.24) is 0 Å². The van der Waals surface area contributed by atoms with Crippen LogP contribution in [-0.2, 0) is 20.7 Å². The lowest BCUT2D eigenvalue weighted by atomic mass is 9.90. The first-order valence-electron chi connectivity index (χ1n) is 14.4. The molecule has 248 valence electrons. The Morgan fingerprint density at radius 1 is 0.500 bits per heavy atom. The molecule has 0 saturated heterocycles. The van der Waals surface area contributed by atoms with Gasteiger partial charge >= 0.3 is 12.4 Å². The normalized spacial score (nSPS) is 22.3. The van der Waals surface area contributed by atoms with Gasteiger partial charge in [0.1, 0.15) is 0 Å². The summed E-state index contributed by atoms with van der Waals surface area (Å²) in [6.07, 6.45) is -7.53. The minimum atomic E-state index is -4.73. The van der Waals surface area contributed by atoms with Gasteiger partial charge < -0.3 is 19.9 Å². The number of hydrogen-bond donors (Lipinski definition) is 2. The van der Waals surface area contributed by atoms with E-state index in [-0.39, 0.29) is 22.3 Å². The highest BCUT2D eigenvalue weighted by Crippen LogP contribution is 2.51. The van der Waals surface area contributed by atoms with Crippen LogP contribution in [0.25, 0.3) is 11.1 Å². The minimum absolute atomic E-state index is 0.0762. The number of oxime groups is 2. The monoisotopic (exact) mass is 666 g/mol. The summed E-state index contributed by atoms with van der Waals surface area (Å²) in [5.41, 5.74) is -2.73. The Morgan fingerprint density at radius 2 is 0.812 bits per heavy atom. The van der Waals surface area contributed by atoms with Crippen molar-refractivity contribution in [2.45, 2.75) is 37.4 Å². The fraction of sp³-hybridized carbons (Fsp3) is 0.167. The lowest BCUT2D eigenvalue weighted by Gasteiger charge is -2.29. The molecule has 2 aliphatic heterocycles. The van der Waals surface area contributed by atoms with E-state index in [4.69, 9.17) is 19.9 Å². The summed E-state index contributed by atoms with van der Waals surface area (Å²) >= 11 is 0. The van der Waals surface area contributed by atoms with Crippen LogP contribution in [0.15, 0.2) is 132 Å². The molecule has 12 heteroatoms. The summed E-state index contributed by atoms with van der Waals surface area (Å²) in [7, 11) is 0. The van der Waals surface area contributed by atoms with E-state index in [1.165, 1.54) is 24.3 Å². The maximum Gasteiger partial charge on any atom is 0.436 e. The molecule has 2 atom stereocenters. The topological polar surface area (TPSA) is 83.6 Å². The second-order valence-electron chi connectivity index (χ2n) is 11.1. The third-order valence-electron chi connectivity index (χ3n) is 7.83. The van der Waals surface area contributed by atoms with Gasteiger partial charge in [-0.1, -0.05) is 120 Å². The second-order valence-corrected chi connectivity index (χ2v) is 11.1. The van der Waals surface area contributed by atoms with E-state index in [9.17, 15) is 26.3 Å². The quantitative estimate of drug-likeness (QED) is 0.129. The summed E-state index contributed by atoms with van der Waals surface area (Å²) in [6.45, 7) is 3.57. The number of hydrogen-bond acceptors (Lipinski definition) is 6. The molecule has 0 fully saturated rings. The first-order valence-corrected chi connectivity index (χ1v) is 14.4. The summed E-state index contributed by atoms with van der Waals surface area (Å²) in [5.74, 6) is -0.918. The number of aryl methyl sites for hydroxylation is 2. The van der Waals surface area contributed by atoms with Crippen LogP contribution in [0.3, 0.4) is 0 Å². The maximum absolute atomic E-state index is 13.9. The van der Waals surface area contributed by atoms with Crippen LogP contribution in [0.4, 0.5) is 26.3 Å². The molecule has 4 aromatic carbocycles. The van der Waals surface area contributed by atoms with E-state index in [2.05, 4.69) is 10.3 Å². The zero-order valence-corrected chi connectivity index (χ0v) is 25.4. The van der Waals surface area contributed by atoms with Gasteiger partial charge in [0.2, 0.25) is 11.2 Å². The molecular formula is C36H28F6N2O4. The highest BCUT2D eigenvalue weighted by Gasteiger charge is 2.62. The van der Waals surface area contributed by atoms with Crippen molar-refractivity contribution in [2.75, 3.05) is 0 Å². The van der Waals surface area contributed by atoms with Crippen LogP contribution in [0.2, 0.25) is 0 Å². The zero-order chi connectivity index (χ0) is 34.7. The lowest BCUT2D eigenvalue weighted by molar-refractivity contribution is -0.236. The molecule has 6 nitrogen and oxygen atoms in total. The Labute approximate surface area is 271 Å². The maximum atomic E-state index is 13.9. The summed E-state index contributed by atoms with van der Waals surface area (Å²) < 4.78 is 93.6. The van der Waals surface area contributed by atoms with E-state index in [0.29, 0.717) is 11.1 Å². The van der Waals surface area contributed by atoms with Crippen molar-refractivity contribution >= 4 is 22.9 Å². The molecular weight excluding hydrogens is 638 g/mol. The van der Waals surface area contributed by atoms with Crippen LogP contribution < -0.4 is 0 Å². The van der Waals surface area contributed by atoms with E-state index < -0.39 is 35.4 Å². The molecule has 0 radical (unpaired) electrons. The standard InChI is InChI=1S/2C18H14F3NO2/c2*1-12-7-9-14(10-8-12)17(18(19,20)21)11-15(16(22-23)24-17)13-5-3-2-4-6-13/h2*2-11,23H,1H3/b2*22-16-/t2*17-/m00/s1. The van der Waals surface area contributed by atoms with Gasteiger partial charge in [0, 0.05) is 22.3 Å². The summed E-state index contributed by atoms with van der Waals surface area (Å²) in [6, 6.07) is 28.5. The second kappa shape index (κ2) is 12.9. The van der Waals surface area contributed by atoms with Crippen LogP contribution in [0.5, 0.6) is 0 Å². The van der Waals surface area contributed by atoms with Gasteiger partial charge in [0.05, 0.1) is 0 Å². The highest BCUT2D eigenvalue weighted by atomic mass is 19.4. The number of alkyl halides is 6. The van der Waals surface area contributed by atoms with E-state index in [0.717, 1.165) is 23.3 Å². The lowest BCUT2D eigenvalue weighted by Crippen LogP contribution is -2.41. The molecule has 0 saturated carbocycles. The fourth-order valence-electron chi connectivity index (χ4n) is 5.30. The van der Waals surface area contributed by atoms with E-state index >= 15 is 0 Å². The van der Waals surface area contributed by atoms with E-state index in [1.807, 2.05) is 0 Å². The third kappa shape index (κ3) is 6.25. The fourth-order valence-corrected chi connectivity index (χ4v) is 5.30. The molecule has 0 bridgehead atoms. The van der Waals surface area contributed by atoms with Crippen molar-refractivity contribution in [1.29, 1.82) is 0 Å². The molecule has 4 aromatic rings. The zero-order valence-electron chi connectivity index (χ0n) is 25.4. The van der Waals surface area contributed by atoms with Crippen LogP contribution in [0, 0.1) is 13.8 Å². The predicted molar refractivity (Wildman–Crippen MR) is 167 cm³/mol. The van der Waals surface area contributed by atoms with Gasteiger partial charge in [-0.05, 0) is 47.4 Å². The Kier molecular flexibility index (Phi) is 9.12. The molecule has 48 heavy (non-hydrogen) atoms. The number of rotatable bonds is 4. The Bertz CT molecular complexity index is 1730.